The van der Waals surface area contributed by atoms with Gasteiger partial charge < -0.3 is 15.5 Å². The van der Waals surface area contributed by atoms with Gasteiger partial charge in [-0.15, -0.1) is 0 Å². The van der Waals surface area contributed by atoms with E-state index in [-0.39, 0.29) is 11.8 Å². The Morgan fingerprint density at radius 2 is 2.22 bits per heavy atom. The van der Waals surface area contributed by atoms with E-state index in [0.29, 0.717) is 23.1 Å². The van der Waals surface area contributed by atoms with Crippen LogP contribution in [0.2, 0.25) is 0 Å². The van der Waals surface area contributed by atoms with Gasteiger partial charge in [-0.3, -0.25) is 9.98 Å². The third-order valence-corrected chi connectivity index (χ3v) is 3.72. The molecular weight excluding hydrogens is 296 g/mol. The van der Waals surface area contributed by atoms with Crippen LogP contribution in [0.3, 0.4) is 0 Å². The molecule has 0 atom stereocenters. The van der Waals surface area contributed by atoms with Gasteiger partial charge in [-0.05, 0) is 18.9 Å². The first-order valence-corrected chi connectivity index (χ1v) is 7.37. The van der Waals surface area contributed by atoms with Crippen LogP contribution in [0.15, 0.2) is 23.3 Å². The van der Waals surface area contributed by atoms with Gasteiger partial charge in [0.05, 0.1) is 12.2 Å². The van der Waals surface area contributed by atoms with Gasteiger partial charge in [0, 0.05) is 30.0 Å². The number of nitrogens with zero attached hydrogens (tertiary/aromatic N) is 4. The van der Waals surface area contributed by atoms with Crippen molar-refractivity contribution < 1.29 is 10.2 Å². The molecule has 0 saturated heterocycles. The molecule has 4 rings (SSSR count). The van der Waals surface area contributed by atoms with Gasteiger partial charge in [0.25, 0.3) is 0 Å². The Morgan fingerprint density at radius 3 is 2.87 bits per heavy atom. The molecular formula is C15H16N6O2. The molecule has 23 heavy (non-hydrogen) atoms. The topological polar surface area (TPSA) is 111 Å². The zero-order valence-electron chi connectivity index (χ0n) is 12.5. The van der Waals surface area contributed by atoms with Crippen molar-refractivity contribution in [2.45, 2.75) is 18.9 Å². The highest BCUT2D eigenvalue weighted by atomic mass is 16.3. The quantitative estimate of drug-likeness (QED) is 0.549. The molecule has 118 valence electrons. The van der Waals surface area contributed by atoms with E-state index in [1.807, 2.05) is 6.07 Å². The molecule has 0 radical (unpaired) electrons. The van der Waals surface area contributed by atoms with Crippen LogP contribution in [-0.2, 0) is 0 Å². The monoisotopic (exact) mass is 312 g/mol. The van der Waals surface area contributed by atoms with Crippen molar-refractivity contribution in [3.8, 4) is 11.8 Å². The number of aromatic amines is 1. The predicted molar refractivity (Wildman–Crippen MR) is 84.0 cm³/mol. The van der Waals surface area contributed by atoms with Crippen molar-refractivity contribution in [3.63, 3.8) is 0 Å². The maximum atomic E-state index is 9.76. The first kappa shape index (κ1) is 13.6. The second-order valence-electron chi connectivity index (χ2n) is 5.55. The van der Waals surface area contributed by atoms with E-state index in [1.54, 1.807) is 23.8 Å². The van der Waals surface area contributed by atoms with E-state index < -0.39 is 0 Å². The highest BCUT2D eigenvalue weighted by molar-refractivity contribution is 5.61. The van der Waals surface area contributed by atoms with Crippen molar-refractivity contribution in [2.75, 3.05) is 12.4 Å². The molecule has 8 nitrogen and oxygen atoms in total. The van der Waals surface area contributed by atoms with Crippen molar-refractivity contribution in [1.29, 1.82) is 0 Å². The Kier molecular flexibility index (Phi) is 2.97. The smallest absolute Gasteiger partial charge is 0.198 e. The maximum absolute atomic E-state index is 9.76. The SMILES string of the molecule is CNc1cc(=NC2CC2)n2ncc(=Cc3cc(O)[nH]c3O)c2n1. The van der Waals surface area contributed by atoms with E-state index in [4.69, 9.17) is 0 Å². The summed E-state index contributed by atoms with van der Waals surface area (Å²) < 4.78 is 1.69. The number of aromatic hydroxyl groups is 2. The molecule has 0 spiro atoms. The van der Waals surface area contributed by atoms with Crippen molar-refractivity contribution in [1.82, 2.24) is 19.6 Å². The normalized spacial score (nSPS) is 16.4. The third-order valence-electron chi connectivity index (χ3n) is 3.72. The molecule has 1 aliphatic rings. The molecule has 0 bridgehead atoms. The highest BCUT2D eigenvalue weighted by Crippen LogP contribution is 2.23. The number of nitrogens with one attached hydrogen (secondary N) is 2. The number of hydrogen-bond acceptors (Lipinski definition) is 6. The first-order valence-electron chi connectivity index (χ1n) is 7.37. The summed E-state index contributed by atoms with van der Waals surface area (Å²) >= 11 is 0. The third kappa shape index (κ3) is 2.48. The minimum absolute atomic E-state index is 0.0986. The molecule has 1 fully saturated rings. The molecule has 8 heteroatoms. The standard InChI is InChI=1S/C15H16N6O2/c1-16-11-6-12(18-10-2-3-10)21-14(19-11)9(7-17-21)4-8-5-13(22)20-15(8)23/h4-7,10,16,20,22-23H,2-3H2,1H3. The number of anilines is 1. The summed E-state index contributed by atoms with van der Waals surface area (Å²) in [4.78, 5) is 11.6. The van der Waals surface area contributed by atoms with Gasteiger partial charge in [0.2, 0.25) is 0 Å². The number of fused-ring (bicyclic) bond motifs is 1. The van der Waals surface area contributed by atoms with E-state index in [0.717, 1.165) is 23.5 Å². The second-order valence-corrected chi connectivity index (χ2v) is 5.55. The van der Waals surface area contributed by atoms with Crippen LogP contribution in [0.25, 0.3) is 11.7 Å². The lowest BCUT2D eigenvalue weighted by molar-refractivity contribution is 0.425. The van der Waals surface area contributed by atoms with E-state index in [2.05, 4.69) is 25.4 Å². The first-order chi connectivity index (χ1) is 11.1. The van der Waals surface area contributed by atoms with Gasteiger partial charge in [-0.25, -0.2) is 4.98 Å². The van der Waals surface area contributed by atoms with Crippen LogP contribution in [0, 0.1) is 0 Å². The van der Waals surface area contributed by atoms with Gasteiger partial charge in [0.15, 0.2) is 22.9 Å². The Morgan fingerprint density at radius 1 is 1.39 bits per heavy atom. The number of aromatic nitrogens is 4. The maximum Gasteiger partial charge on any atom is 0.198 e. The summed E-state index contributed by atoms with van der Waals surface area (Å²) in [6.07, 6.45) is 5.59. The van der Waals surface area contributed by atoms with Crippen molar-refractivity contribution >= 4 is 17.5 Å². The lowest BCUT2D eigenvalue weighted by Gasteiger charge is -2.00. The van der Waals surface area contributed by atoms with Crippen LogP contribution in [0.1, 0.15) is 18.4 Å². The highest BCUT2D eigenvalue weighted by Gasteiger charge is 2.20. The van der Waals surface area contributed by atoms with Crippen LogP contribution in [0.5, 0.6) is 11.8 Å². The molecule has 1 aliphatic carbocycles. The summed E-state index contributed by atoms with van der Waals surface area (Å²) in [5, 5.41) is 27.3. The van der Waals surface area contributed by atoms with E-state index in [1.165, 1.54) is 6.07 Å². The molecule has 0 unspecified atom stereocenters. The molecule has 3 aromatic heterocycles. The number of H-pyrrole nitrogens is 1. The van der Waals surface area contributed by atoms with E-state index in [9.17, 15) is 10.2 Å². The predicted octanol–water partition coefficient (Wildman–Crippen LogP) is 0.121. The summed E-state index contributed by atoms with van der Waals surface area (Å²) in [6, 6.07) is 3.67. The summed E-state index contributed by atoms with van der Waals surface area (Å²) in [7, 11) is 1.80. The van der Waals surface area contributed by atoms with Gasteiger partial charge >= 0.3 is 0 Å². The Bertz CT molecular complexity index is 999. The lowest BCUT2D eigenvalue weighted by Crippen LogP contribution is -2.19. The molecule has 0 amide bonds. The molecule has 3 aromatic rings. The Hall–Kier alpha value is -3.03. The average Bonchev–Trinajstić information content (AvgIpc) is 3.16. The van der Waals surface area contributed by atoms with Crippen molar-refractivity contribution in [3.05, 3.63) is 34.6 Å². The fourth-order valence-electron chi connectivity index (χ4n) is 2.40. The molecule has 4 N–H and O–H groups in total. The zero-order chi connectivity index (χ0) is 16.0. The van der Waals surface area contributed by atoms with Crippen LogP contribution < -0.4 is 16.0 Å². The van der Waals surface area contributed by atoms with Gasteiger partial charge in [-0.1, -0.05) is 0 Å². The Balaban J connectivity index is 1.96. The lowest BCUT2D eigenvalue weighted by atomic mass is 10.2. The molecule has 0 aromatic carbocycles. The largest absolute Gasteiger partial charge is 0.494 e. The summed E-state index contributed by atoms with van der Waals surface area (Å²) in [5.41, 5.74) is 1.86. The average molecular weight is 312 g/mol. The number of rotatable bonds is 3. The summed E-state index contributed by atoms with van der Waals surface area (Å²) in [5.74, 6) is 0.501. The molecule has 0 aliphatic heterocycles. The van der Waals surface area contributed by atoms with Gasteiger partial charge in [-0.2, -0.15) is 9.61 Å². The second kappa shape index (κ2) is 5.01. The Labute approximate surface area is 130 Å². The fourth-order valence-corrected chi connectivity index (χ4v) is 2.40. The van der Waals surface area contributed by atoms with Crippen LogP contribution in [-0.4, -0.2) is 42.9 Å². The minimum atomic E-state index is -0.102. The minimum Gasteiger partial charge on any atom is -0.494 e. The van der Waals surface area contributed by atoms with Crippen molar-refractivity contribution in [2.24, 2.45) is 4.99 Å². The van der Waals surface area contributed by atoms with E-state index >= 15 is 0 Å². The molecule has 3 heterocycles. The number of hydrogen-bond donors (Lipinski definition) is 4. The fraction of sp³-hybridized carbons (Fsp3) is 0.267. The van der Waals surface area contributed by atoms with Crippen LogP contribution in [0.4, 0.5) is 5.82 Å². The van der Waals surface area contributed by atoms with Gasteiger partial charge in [0.1, 0.15) is 5.82 Å². The summed E-state index contributed by atoms with van der Waals surface area (Å²) in [6.45, 7) is 0. The zero-order valence-corrected chi connectivity index (χ0v) is 12.5. The van der Waals surface area contributed by atoms with Crippen LogP contribution >= 0.6 is 0 Å². The molecule has 1 saturated carbocycles.